The van der Waals surface area contributed by atoms with Crippen molar-refractivity contribution in [3.05, 3.63) is 89.2 Å². The summed E-state index contributed by atoms with van der Waals surface area (Å²) >= 11 is 5.93. The van der Waals surface area contributed by atoms with Crippen LogP contribution in [0.1, 0.15) is 35.3 Å². The number of carbonyl (C=O) groups is 1. The summed E-state index contributed by atoms with van der Waals surface area (Å²) in [5.41, 5.74) is 1.61. The van der Waals surface area contributed by atoms with Crippen molar-refractivity contribution in [1.29, 1.82) is 0 Å². The lowest BCUT2D eigenvalue weighted by Crippen LogP contribution is -2.28. The van der Waals surface area contributed by atoms with Gasteiger partial charge in [0.2, 0.25) is 0 Å². The zero-order valence-corrected chi connectivity index (χ0v) is 15.1. The number of nitrogens with zero attached hydrogens (tertiary/aromatic N) is 1. The molecule has 1 atom stereocenters. The molecule has 2 aromatic carbocycles. The standard InChI is InChI=1S/C21H19ClN2O2/c1-2-20(15-5-9-17(22)10-6-15)24-21(25)16-7-11-18(12-8-16)26-19-4-3-13-23-14-19/h3-14,20H,2H2,1H3,(H,24,25). The summed E-state index contributed by atoms with van der Waals surface area (Å²) in [7, 11) is 0. The summed E-state index contributed by atoms with van der Waals surface area (Å²) in [6, 6.07) is 18.1. The molecule has 1 amide bonds. The van der Waals surface area contributed by atoms with Crippen molar-refractivity contribution in [3.63, 3.8) is 0 Å². The van der Waals surface area contributed by atoms with Gasteiger partial charge in [0.15, 0.2) is 0 Å². The van der Waals surface area contributed by atoms with E-state index in [1.165, 1.54) is 0 Å². The molecule has 1 aromatic heterocycles. The van der Waals surface area contributed by atoms with Gasteiger partial charge in [0.05, 0.1) is 12.2 Å². The lowest BCUT2D eigenvalue weighted by Gasteiger charge is -2.17. The van der Waals surface area contributed by atoms with Gasteiger partial charge in [0.1, 0.15) is 11.5 Å². The number of hydrogen-bond donors (Lipinski definition) is 1. The molecule has 0 radical (unpaired) electrons. The molecule has 0 spiro atoms. The molecule has 1 heterocycles. The Labute approximate surface area is 157 Å². The van der Waals surface area contributed by atoms with Crippen LogP contribution >= 0.6 is 11.6 Å². The van der Waals surface area contributed by atoms with Crippen LogP contribution in [0, 0.1) is 0 Å². The summed E-state index contributed by atoms with van der Waals surface area (Å²) in [6.07, 6.45) is 4.11. The molecule has 1 unspecified atom stereocenters. The number of carbonyl (C=O) groups excluding carboxylic acids is 1. The highest BCUT2D eigenvalue weighted by atomic mass is 35.5. The lowest BCUT2D eigenvalue weighted by molar-refractivity contribution is 0.0935. The van der Waals surface area contributed by atoms with Crippen molar-refractivity contribution >= 4 is 17.5 Å². The molecule has 0 saturated heterocycles. The van der Waals surface area contributed by atoms with E-state index in [2.05, 4.69) is 10.3 Å². The number of aromatic nitrogens is 1. The van der Waals surface area contributed by atoms with Gasteiger partial charge >= 0.3 is 0 Å². The molecule has 4 nitrogen and oxygen atoms in total. The highest BCUT2D eigenvalue weighted by molar-refractivity contribution is 6.30. The van der Waals surface area contributed by atoms with Crippen molar-refractivity contribution in [2.24, 2.45) is 0 Å². The van der Waals surface area contributed by atoms with E-state index in [-0.39, 0.29) is 11.9 Å². The minimum absolute atomic E-state index is 0.0638. The van der Waals surface area contributed by atoms with Gasteiger partial charge in [-0.25, -0.2) is 0 Å². The van der Waals surface area contributed by atoms with E-state index >= 15 is 0 Å². The maximum Gasteiger partial charge on any atom is 0.251 e. The van der Waals surface area contributed by atoms with Crippen LogP contribution in [0.4, 0.5) is 0 Å². The van der Waals surface area contributed by atoms with E-state index in [1.54, 1.807) is 42.7 Å². The van der Waals surface area contributed by atoms with Crippen LogP contribution in [-0.4, -0.2) is 10.9 Å². The topological polar surface area (TPSA) is 51.2 Å². The summed E-state index contributed by atoms with van der Waals surface area (Å²) in [4.78, 5) is 16.5. The summed E-state index contributed by atoms with van der Waals surface area (Å²) in [5.74, 6) is 1.18. The van der Waals surface area contributed by atoms with E-state index in [1.807, 2.05) is 37.3 Å². The van der Waals surface area contributed by atoms with E-state index in [0.717, 1.165) is 12.0 Å². The first-order chi connectivity index (χ1) is 12.7. The first kappa shape index (κ1) is 18.0. The Kier molecular flexibility index (Phi) is 5.87. The second kappa shape index (κ2) is 8.50. The number of benzene rings is 2. The lowest BCUT2D eigenvalue weighted by atomic mass is 10.0. The SMILES string of the molecule is CCC(NC(=O)c1ccc(Oc2cccnc2)cc1)c1ccc(Cl)cc1. The summed E-state index contributed by atoms with van der Waals surface area (Å²) < 4.78 is 5.69. The summed E-state index contributed by atoms with van der Waals surface area (Å²) in [6.45, 7) is 2.03. The minimum atomic E-state index is -0.125. The Bertz CT molecular complexity index is 849. The van der Waals surface area contributed by atoms with Gasteiger partial charge in [-0.2, -0.15) is 0 Å². The normalized spacial score (nSPS) is 11.6. The number of halogens is 1. The van der Waals surface area contributed by atoms with Gasteiger partial charge in [-0.3, -0.25) is 9.78 Å². The van der Waals surface area contributed by atoms with E-state index < -0.39 is 0 Å². The Morgan fingerprint density at radius 3 is 2.42 bits per heavy atom. The average molecular weight is 367 g/mol. The molecule has 1 N–H and O–H groups in total. The molecule has 0 aliphatic rings. The number of nitrogens with one attached hydrogen (secondary N) is 1. The predicted octanol–water partition coefficient (Wildman–Crippen LogP) is 5.41. The number of rotatable bonds is 6. The predicted molar refractivity (Wildman–Crippen MR) is 103 cm³/mol. The fourth-order valence-corrected chi connectivity index (χ4v) is 2.70. The van der Waals surface area contributed by atoms with Crippen molar-refractivity contribution in [3.8, 4) is 11.5 Å². The Morgan fingerprint density at radius 2 is 1.81 bits per heavy atom. The van der Waals surface area contributed by atoms with E-state index in [4.69, 9.17) is 16.3 Å². The maximum absolute atomic E-state index is 12.5. The smallest absolute Gasteiger partial charge is 0.251 e. The van der Waals surface area contributed by atoms with Gasteiger partial charge in [-0.05, 0) is 60.5 Å². The second-order valence-electron chi connectivity index (χ2n) is 5.80. The molecule has 0 bridgehead atoms. The molecule has 132 valence electrons. The first-order valence-corrected chi connectivity index (χ1v) is 8.78. The first-order valence-electron chi connectivity index (χ1n) is 8.40. The van der Waals surface area contributed by atoms with Crippen LogP contribution in [0.25, 0.3) is 0 Å². The monoisotopic (exact) mass is 366 g/mol. The van der Waals surface area contributed by atoms with Gasteiger partial charge < -0.3 is 10.1 Å². The largest absolute Gasteiger partial charge is 0.456 e. The van der Waals surface area contributed by atoms with E-state index in [9.17, 15) is 4.79 Å². The quantitative estimate of drug-likeness (QED) is 0.634. The Morgan fingerprint density at radius 1 is 1.08 bits per heavy atom. The van der Waals surface area contributed by atoms with Crippen LogP contribution < -0.4 is 10.1 Å². The van der Waals surface area contributed by atoms with Crippen molar-refractivity contribution in [2.75, 3.05) is 0 Å². The highest BCUT2D eigenvalue weighted by Crippen LogP contribution is 2.22. The zero-order chi connectivity index (χ0) is 18.4. The van der Waals surface area contributed by atoms with Crippen LogP contribution in [-0.2, 0) is 0 Å². The van der Waals surface area contributed by atoms with Gasteiger partial charge in [0.25, 0.3) is 5.91 Å². The van der Waals surface area contributed by atoms with Crippen LogP contribution in [0.5, 0.6) is 11.5 Å². The third-order valence-corrected chi connectivity index (χ3v) is 4.22. The molecule has 0 fully saturated rings. The molecule has 3 rings (SSSR count). The zero-order valence-electron chi connectivity index (χ0n) is 14.4. The second-order valence-corrected chi connectivity index (χ2v) is 6.24. The third-order valence-electron chi connectivity index (χ3n) is 3.97. The maximum atomic E-state index is 12.5. The van der Waals surface area contributed by atoms with Gasteiger partial charge in [-0.1, -0.05) is 30.7 Å². The van der Waals surface area contributed by atoms with Crippen LogP contribution in [0.15, 0.2) is 73.1 Å². The Balaban J connectivity index is 1.66. The molecule has 3 aromatic rings. The van der Waals surface area contributed by atoms with Crippen molar-refractivity contribution in [1.82, 2.24) is 10.3 Å². The molecule has 0 aliphatic heterocycles. The molecule has 0 saturated carbocycles. The Hall–Kier alpha value is -2.85. The summed E-state index contributed by atoms with van der Waals surface area (Å²) in [5, 5.41) is 3.73. The average Bonchev–Trinajstić information content (AvgIpc) is 2.68. The minimum Gasteiger partial charge on any atom is -0.456 e. The molecule has 26 heavy (non-hydrogen) atoms. The number of ether oxygens (including phenoxy) is 1. The third kappa shape index (κ3) is 4.61. The molecule has 0 aliphatic carbocycles. The fourth-order valence-electron chi connectivity index (χ4n) is 2.58. The van der Waals surface area contributed by atoms with Crippen LogP contribution in [0.3, 0.4) is 0 Å². The number of hydrogen-bond acceptors (Lipinski definition) is 3. The molecular formula is C21H19ClN2O2. The van der Waals surface area contributed by atoms with Crippen molar-refractivity contribution < 1.29 is 9.53 Å². The highest BCUT2D eigenvalue weighted by Gasteiger charge is 2.14. The van der Waals surface area contributed by atoms with E-state index in [0.29, 0.717) is 22.1 Å². The number of pyridine rings is 1. The molecule has 5 heteroatoms. The van der Waals surface area contributed by atoms with Gasteiger partial charge in [-0.15, -0.1) is 0 Å². The van der Waals surface area contributed by atoms with Gasteiger partial charge in [0, 0.05) is 16.8 Å². The van der Waals surface area contributed by atoms with Crippen LogP contribution in [0.2, 0.25) is 5.02 Å². The number of amides is 1. The fraction of sp³-hybridized carbons (Fsp3) is 0.143. The molecular weight excluding hydrogens is 348 g/mol. The van der Waals surface area contributed by atoms with Crippen molar-refractivity contribution in [2.45, 2.75) is 19.4 Å².